The molecule has 1 aromatic heterocycles. The number of fused-ring (bicyclic) bond motifs is 1. The lowest BCUT2D eigenvalue weighted by Crippen LogP contribution is -2.17. The van der Waals surface area contributed by atoms with E-state index in [0.717, 1.165) is 37.0 Å². The molecular weight excluding hydrogens is 234 g/mol. The molecule has 0 aromatic carbocycles. The molecule has 1 N–H and O–H groups in total. The lowest BCUT2D eigenvalue weighted by molar-refractivity contribution is 0.274. The van der Waals surface area contributed by atoms with Gasteiger partial charge in [-0.1, -0.05) is 26.2 Å². The molecule has 2 unspecified atom stereocenters. The van der Waals surface area contributed by atoms with E-state index in [2.05, 4.69) is 22.2 Å². The standard InChI is InChI=1S/C16H25N3/c1-12-4-2-5-13(10-12)8-9-17-16-14-6-3-7-15(14)18-11-19-16/h11-13H,2-10H2,1H3,(H,17,18,19). The Morgan fingerprint density at radius 1 is 1.21 bits per heavy atom. The van der Waals surface area contributed by atoms with Crippen LogP contribution in [0.15, 0.2) is 6.33 Å². The maximum Gasteiger partial charge on any atom is 0.132 e. The Morgan fingerprint density at radius 2 is 2.16 bits per heavy atom. The van der Waals surface area contributed by atoms with Crippen LogP contribution in [0.25, 0.3) is 0 Å². The predicted molar refractivity (Wildman–Crippen MR) is 78.3 cm³/mol. The van der Waals surface area contributed by atoms with Crippen LogP contribution in [0.3, 0.4) is 0 Å². The number of aryl methyl sites for hydroxylation is 1. The van der Waals surface area contributed by atoms with Crippen LogP contribution in [0.5, 0.6) is 0 Å². The Morgan fingerprint density at radius 3 is 3.05 bits per heavy atom. The summed E-state index contributed by atoms with van der Waals surface area (Å²) in [5.74, 6) is 2.96. The number of hydrogen-bond donors (Lipinski definition) is 1. The quantitative estimate of drug-likeness (QED) is 0.898. The van der Waals surface area contributed by atoms with Crippen molar-refractivity contribution in [2.45, 2.75) is 58.3 Å². The monoisotopic (exact) mass is 259 g/mol. The summed E-state index contributed by atoms with van der Waals surface area (Å²) in [7, 11) is 0. The number of nitrogens with one attached hydrogen (secondary N) is 1. The van der Waals surface area contributed by atoms with E-state index in [1.165, 1.54) is 49.8 Å². The van der Waals surface area contributed by atoms with Gasteiger partial charge in [-0.2, -0.15) is 0 Å². The third-order valence-electron chi connectivity index (χ3n) is 4.76. The van der Waals surface area contributed by atoms with Crippen LogP contribution in [-0.4, -0.2) is 16.5 Å². The van der Waals surface area contributed by atoms with E-state index in [1.807, 2.05) is 0 Å². The smallest absolute Gasteiger partial charge is 0.132 e. The Bertz CT molecular complexity index is 430. The highest BCUT2D eigenvalue weighted by atomic mass is 15.0. The van der Waals surface area contributed by atoms with Crippen molar-refractivity contribution in [1.82, 2.24) is 9.97 Å². The summed E-state index contributed by atoms with van der Waals surface area (Å²) in [6.07, 6.45) is 12.2. The summed E-state index contributed by atoms with van der Waals surface area (Å²) in [6, 6.07) is 0. The zero-order valence-electron chi connectivity index (χ0n) is 12.0. The first-order chi connectivity index (χ1) is 9.33. The number of hydrogen-bond acceptors (Lipinski definition) is 3. The van der Waals surface area contributed by atoms with Gasteiger partial charge in [-0.25, -0.2) is 9.97 Å². The molecule has 2 aliphatic rings. The fourth-order valence-electron chi connectivity index (χ4n) is 3.73. The molecule has 0 spiro atoms. The molecular formula is C16H25N3. The fraction of sp³-hybridized carbons (Fsp3) is 0.750. The van der Waals surface area contributed by atoms with Crippen LogP contribution in [0.4, 0.5) is 5.82 Å². The first-order valence-corrected chi connectivity index (χ1v) is 7.89. The highest BCUT2D eigenvalue weighted by molar-refractivity contribution is 5.47. The Hall–Kier alpha value is -1.12. The zero-order valence-corrected chi connectivity index (χ0v) is 12.0. The van der Waals surface area contributed by atoms with Crippen molar-refractivity contribution in [2.75, 3.05) is 11.9 Å². The molecule has 0 saturated heterocycles. The lowest BCUT2D eigenvalue weighted by atomic mass is 9.81. The molecule has 104 valence electrons. The third kappa shape index (κ3) is 3.07. The molecule has 1 fully saturated rings. The van der Waals surface area contributed by atoms with Gasteiger partial charge in [0.1, 0.15) is 12.1 Å². The maximum atomic E-state index is 4.43. The Balaban J connectivity index is 1.51. The van der Waals surface area contributed by atoms with Gasteiger partial charge in [0.2, 0.25) is 0 Å². The van der Waals surface area contributed by atoms with Gasteiger partial charge in [-0.15, -0.1) is 0 Å². The SMILES string of the molecule is CC1CCCC(CCNc2ncnc3c2CCC3)C1. The normalized spacial score (nSPS) is 26.2. The van der Waals surface area contributed by atoms with Crippen molar-refractivity contribution in [2.24, 2.45) is 11.8 Å². The largest absolute Gasteiger partial charge is 0.370 e. The highest BCUT2D eigenvalue weighted by Gasteiger charge is 2.19. The lowest BCUT2D eigenvalue weighted by Gasteiger charge is -2.26. The van der Waals surface area contributed by atoms with E-state index < -0.39 is 0 Å². The first-order valence-electron chi connectivity index (χ1n) is 7.89. The molecule has 2 atom stereocenters. The van der Waals surface area contributed by atoms with Crippen molar-refractivity contribution in [1.29, 1.82) is 0 Å². The van der Waals surface area contributed by atoms with E-state index in [1.54, 1.807) is 6.33 Å². The van der Waals surface area contributed by atoms with Gasteiger partial charge in [0.25, 0.3) is 0 Å². The van der Waals surface area contributed by atoms with Crippen molar-refractivity contribution in [3.63, 3.8) is 0 Å². The second-order valence-electron chi connectivity index (χ2n) is 6.35. The molecule has 3 heteroatoms. The average Bonchev–Trinajstić information content (AvgIpc) is 2.88. The van der Waals surface area contributed by atoms with Crippen LogP contribution in [0, 0.1) is 11.8 Å². The minimum Gasteiger partial charge on any atom is -0.370 e. The minimum absolute atomic E-state index is 0.922. The van der Waals surface area contributed by atoms with Gasteiger partial charge in [0, 0.05) is 17.8 Å². The molecule has 0 aliphatic heterocycles. The fourth-order valence-corrected chi connectivity index (χ4v) is 3.73. The Labute approximate surface area is 116 Å². The van der Waals surface area contributed by atoms with Crippen molar-refractivity contribution in [3.8, 4) is 0 Å². The van der Waals surface area contributed by atoms with Crippen molar-refractivity contribution < 1.29 is 0 Å². The molecule has 1 saturated carbocycles. The first kappa shape index (κ1) is 12.9. The van der Waals surface area contributed by atoms with E-state index in [-0.39, 0.29) is 0 Å². The van der Waals surface area contributed by atoms with Gasteiger partial charge in [0.15, 0.2) is 0 Å². The highest BCUT2D eigenvalue weighted by Crippen LogP contribution is 2.31. The maximum absolute atomic E-state index is 4.43. The van der Waals surface area contributed by atoms with Crippen LogP contribution in [0.1, 0.15) is 56.7 Å². The predicted octanol–water partition coefficient (Wildman–Crippen LogP) is 3.59. The van der Waals surface area contributed by atoms with Crippen LogP contribution >= 0.6 is 0 Å². The average molecular weight is 259 g/mol. The third-order valence-corrected chi connectivity index (χ3v) is 4.76. The molecule has 1 heterocycles. The van der Waals surface area contributed by atoms with Crippen molar-refractivity contribution in [3.05, 3.63) is 17.6 Å². The summed E-state index contributed by atoms with van der Waals surface area (Å²) in [4.78, 5) is 8.80. The topological polar surface area (TPSA) is 37.8 Å². The molecule has 2 aliphatic carbocycles. The molecule has 0 bridgehead atoms. The summed E-state index contributed by atoms with van der Waals surface area (Å²) in [5, 5.41) is 3.56. The Kier molecular flexibility index (Phi) is 4.00. The summed E-state index contributed by atoms with van der Waals surface area (Å²) in [5.41, 5.74) is 2.64. The van der Waals surface area contributed by atoms with Gasteiger partial charge in [-0.05, 0) is 43.9 Å². The molecule has 3 rings (SSSR count). The second-order valence-corrected chi connectivity index (χ2v) is 6.35. The number of aromatic nitrogens is 2. The van der Waals surface area contributed by atoms with Crippen LogP contribution in [-0.2, 0) is 12.8 Å². The molecule has 0 amide bonds. The summed E-state index contributed by atoms with van der Waals surface area (Å²) >= 11 is 0. The summed E-state index contributed by atoms with van der Waals surface area (Å²) < 4.78 is 0. The molecule has 1 aromatic rings. The summed E-state index contributed by atoms with van der Waals surface area (Å²) in [6.45, 7) is 3.47. The van der Waals surface area contributed by atoms with Gasteiger partial charge < -0.3 is 5.32 Å². The van der Waals surface area contributed by atoms with E-state index in [9.17, 15) is 0 Å². The van der Waals surface area contributed by atoms with Crippen LogP contribution < -0.4 is 5.32 Å². The molecule has 0 radical (unpaired) electrons. The molecule has 19 heavy (non-hydrogen) atoms. The van der Waals surface area contributed by atoms with E-state index in [4.69, 9.17) is 0 Å². The number of anilines is 1. The van der Waals surface area contributed by atoms with E-state index >= 15 is 0 Å². The van der Waals surface area contributed by atoms with Gasteiger partial charge >= 0.3 is 0 Å². The van der Waals surface area contributed by atoms with Gasteiger partial charge in [0.05, 0.1) is 0 Å². The van der Waals surface area contributed by atoms with E-state index in [0.29, 0.717) is 0 Å². The van der Waals surface area contributed by atoms with Crippen LogP contribution in [0.2, 0.25) is 0 Å². The van der Waals surface area contributed by atoms with Crippen molar-refractivity contribution >= 4 is 5.82 Å². The number of nitrogens with zero attached hydrogens (tertiary/aromatic N) is 2. The second kappa shape index (κ2) is 5.89. The zero-order chi connectivity index (χ0) is 13.1. The minimum atomic E-state index is 0.922. The number of rotatable bonds is 4. The van der Waals surface area contributed by atoms with Gasteiger partial charge in [-0.3, -0.25) is 0 Å². The molecule has 3 nitrogen and oxygen atoms in total.